The number of amides is 1. The van der Waals surface area contributed by atoms with Crippen LogP contribution in [0.4, 0.5) is 0 Å². The van der Waals surface area contributed by atoms with Crippen LogP contribution in [-0.4, -0.2) is 45.9 Å². The van der Waals surface area contributed by atoms with Gasteiger partial charge < -0.3 is 14.6 Å². The lowest BCUT2D eigenvalue weighted by atomic mass is 9.84. The van der Waals surface area contributed by atoms with Gasteiger partial charge in [0.25, 0.3) is 5.91 Å². The molecule has 3 saturated heterocycles. The molecule has 7 heteroatoms. The average Bonchev–Trinajstić information content (AvgIpc) is 2.92. The molecule has 5 rings (SSSR count). The van der Waals surface area contributed by atoms with Crippen LogP contribution >= 0.6 is 24.8 Å². The van der Waals surface area contributed by atoms with Crippen LogP contribution in [0.3, 0.4) is 0 Å². The molecule has 3 aliphatic heterocycles. The Morgan fingerprint density at radius 1 is 1.23 bits per heavy atom. The Morgan fingerprint density at radius 3 is 2.64 bits per heavy atom. The summed E-state index contributed by atoms with van der Waals surface area (Å²) in [4.78, 5) is 19.2. The molecule has 5 heterocycles. The smallest absolute Gasteiger partial charge is 0.271 e. The summed E-state index contributed by atoms with van der Waals surface area (Å²) >= 11 is 0. The molecule has 2 aromatic rings. The quantitative estimate of drug-likeness (QED) is 0.908. The van der Waals surface area contributed by atoms with Gasteiger partial charge in [-0.2, -0.15) is 0 Å². The van der Waals surface area contributed by atoms with Crippen molar-refractivity contribution in [1.29, 1.82) is 0 Å². The largest absolute Gasteiger partial charge is 0.346 e. The number of hydrogen-bond acceptors (Lipinski definition) is 3. The first-order valence-corrected chi connectivity index (χ1v) is 7.26. The highest BCUT2D eigenvalue weighted by Crippen LogP contribution is 2.27. The molecule has 2 bridgehead atoms. The van der Waals surface area contributed by atoms with E-state index in [1.54, 1.807) is 6.20 Å². The molecule has 0 aliphatic carbocycles. The van der Waals surface area contributed by atoms with Gasteiger partial charge >= 0.3 is 0 Å². The summed E-state index contributed by atoms with van der Waals surface area (Å²) in [6.07, 6.45) is 6.12. The maximum absolute atomic E-state index is 12.4. The molecule has 0 aromatic carbocycles. The molecular formula is C15H20Cl2N4O. The lowest BCUT2D eigenvalue weighted by Crippen LogP contribution is -2.57. The topological polar surface area (TPSA) is 49.6 Å². The number of rotatable bonds is 2. The standard InChI is InChI=1S/C15H18N4O.2ClH/c20-15(13-10-19-6-2-1-3-14(19)16-13)17-12-9-18-7-4-11(12)5-8-18;;/h1-3,6,10-12H,4-5,7-9H2,(H,17,20);2*1H/t12-;;/m1../s1. The Morgan fingerprint density at radius 2 is 2.00 bits per heavy atom. The maximum atomic E-state index is 12.4. The first-order valence-electron chi connectivity index (χ1n) is 7.26. The SMILES string of the molecule is Cl.Cl.O=C(N[C@@H]1CN2CCC1CC2)c1cn2ccccc2n1. The van der Waals surface area contributed by atoms with Gasteiger partial charge in [0, 0.05) is 25.0 Å². The summed E-state index contributed by atoms with van der Waals surface area (Å²) in [5.74, 6) is 0.591. The first-order chi connectivity index (χ1) is 9.79. The predicted octanol–water partition coefficient (Wildman–Crippen LogP) is 2.00. The third-order valence-electron chi connectivity index (χ3n) is 4.57. The zero-order valence-electron chi connectivity index (χ0n) is 12.1. The molecule has 1 atom stereocenters. The van der Waals surface area contributed by atoms with E-state index >= 15 is 0 Å². The minimum absolute atomic E-state index is 0. The van der Waals surface area contributed by atoms with Crippen LogP contribution in [0.2, 0.25) is 0 Å². The minimum Gasteiger partial charge on any atom is -0.346 e. The van der Waals surface area contributed by atoms with E-state index in [-0.39, 0.29) is 36.8 Å². The van der Waals surface area contributed by atoms with Gasteiger partial charge in [0.05, 0.1) is 0 Å². The fraction of sp³-hybridized carbons (Fsp3) is 0.467. The monoisotopic (exact) mass is 342 g/mol. The normalized spacial score (nSPS) is 26.1. The number of halogens is 2. The van der Waals surface area contributed by atoms with Crippen molar-refractivity contribution < 1.29 is 4.79 Å². The summed E-state index contributed by atoms with van der Waals surface area (Å²) in [5.41, 5.74) is 1.32. The lowest BCUT2D eigenvalue weighted by Gasteiger charge is -2.44. The molecule has 1 N–H and O–H groups in total. The third kappa shape index (κ3) is 3.07. The van der Waals surface area contributed by atoms with Gasteiger partial charge in [-0.25, -0.2) is 4.98 Å². The van der Waals surface area contributed by atoms with Gasteiger partial charge in [0.1, 0.15) is 11.3 Å². The van der Waals surface area contributed by atoms with E-state index < -0.39 is 0 Å². The number of pyridine rings is 1. The fourth-order valence-electron chi connectivity index (χ4n) is 3.42. The van der Waals surface area contributed by atoms with E-state index in [2.05, 4.69) is 15.2 Å². The van der Waals surface area contributed by atoms with Crippen molar-refractivity contribution in [3.8, 4) is 0 Å². The fourth-order valence-corrected chi connectivity index (χ4v) is 3.42. The molecule has 3 fully saturated rings. The van der Waals surface area contributed by atoms with Crippen molar-refractivity contribution in [3.63, 3.8) is 0 Å². The minimum atomic E-state index is -0.0487. The summed E-state index contributed by atoms with van der Waals surface area (Å²) in [7, 11) is 0. The molecule has 5 nitrogen and oxygen atoms in total. The average molecular weight is 343 g/mol. The van der Waals surface area contributed by atoms with E-state index in [9.17, 15) is 4.79 Å². The zero-order valence-corrected chi connectivity index (χ0v) is 13.8. The van der Waals surface area contributed by atoms with Crippen molar-refractivity contribution in [2.75, 3.05) is 19.6 Å². The molecule has 0 saturated carbocycles. The number of fused-ring (bicyclic) bond motifs is 4. The first kappa shape index (κ1) is 17.1. The molecule has 1 amide bonds. The van der Waals surface area contributed by atoms with Gasteiger partial charge in [-0.3, -0.25) is 4.79 Å². The molecule has 2 aromatic heterocycles. The van der Waals surface area contributed by atoms with Gasteiger partial charge in [0.15, 0.2) is 0 Å². The number of carbonyl (C=O) groups is 1. The number of imidazole rings is 1. The van der Waals surface area contributed by atoms with E-state index in [4.69, 9.17) is 0 Å². The van der Waals surface area contributed by atoms with Crippen molar-refractivity contribution in [3.05, 3.63) is 36.3 Å². The molecule has 3 aliphatic rings. The summed E-state index contributed by atoms with van der Waals surface area (Å²) in [5, 5.41) is 3.17. The van der Waals surface area contributed by atoms with Crippen molar-refractivity contribution in [2.24, 2.45) is 5.92 Å². The van der Waals surface area contributed by atoms with Gasteiger partial charge in [0.2, 0.25) is 0 Å². The molecular weight excluding hydrogens is 323 g/mol. The van der Waals surface area contributed by atoms with Crippen LogP contribution in [0.15, 0.2) is 30.6 Å². The van der Waals surface area contributed by atoms with Crippen molar-refractivity contribution in [2.45, 2.75) is 18.9 Å². The molecule has 0 spiro atoms. The molecule has 0 radical (unpaired) electrons. The van der Waals surface area contributed by atoms with Gasteiger partial charge in [-0.15, -0.1) is 24.8 Å². The van der Waals surface area contributed by atoms with Crippen LogP contribution in [0.5, 0.6) is 0 Å². The van der Waals surface area contributed by atoms with Crippen molar-refractivity contribution >= 4 is 36.4 Å². The molecule has 0 unspecified atom stereocenters. The lowest BCUT2D eigenvalue weighted by molar-refractivity contribution is 0.0618. The van der Waals surface area contributed by atoms with Crippen LogP contribution < -0.4 is 5.32 Å². The number of hydrogen-bond donors (Lipinski definition) is 1. The van der Waals surface area contributed by atoms with Gasteiger partial charge in [-0.05, 0) is 44.0 Å². The molecule has 120 valence electrons. The number of piperidine rings is 3. The Kier molecular flexibility index (Phi) is 5.32. The van der Waals surface area contributed by atoms with E-state index in [0.29, 0.717) is 11.6 Å². The third-order valence-corrected chi connectivity index (χ3v) is 4.57. The highest BCUT2D eigenvalue weighted by molar-refractivity contribution is 5.93. The van der Waals surface area contributed by atoms with E-state index in [1.165, 1.54) is 25.9 Å². The Bertz CT molecular complexity index is 619. The Hall–Kier alpha value is -1.30. The number of nitrogens with one attached hydrogen (secondary N) is 1. The van der Waals surface area contributed by atoms with E-state index in [0.717, 1.165) is 12.2 Å². The maximum Gasteiger partial charge on any atom is 0.271 e. The number of carbonyl (C=O) groups excluding carboxylic acids is 1. The number of aromatic nitrogens is 2. The zero-order chi connectivity index (χ0) is 13.5. The van der Waals surface area contributed by atoms with E-state index in [1.807, 2.05) is 28.8 Å². The summed E-state index contributed by atoms with van der Waals surface area (Å²) in [6.45, 7) is 3.36. The van der Waals surface area contributed by atoms with Crippen LogP contribution in [0.25, 0.3) is 5.65 Å². The Labute approximate surface area is 141 Å². The van der Waals surface area contributed by atoms with Crippen LogP contribution in [0.1, 0.15) is 23.3 Å². The second-order valence-electron chi connectivity index (χ2n) is 5.81. The number of nitrogens with zero attached hydrogens (tertiary/aromatic N) is 3. The van der Waals surface area contributed by atoms with Crippen LogP contribution in [-0.2, 0) is 0 Å². The highest BCUT2D eigenvalue weighted by atomic mass is 35.5. The molecule has 22 heavy (non-hydrogen) atoms. The van der Waals surface area contributed by atoms with Crippen LogP contribution in [0, 0.1) is 5.92 Å². The van der Waals surface area contributed by atoms with Crippen molar-refractivity contribution in [1.82, 2.24) is 19.6 Å². The summed E-state index contributed by atoms with van der Waals surface area (Å²) in [6, 6.07) is 6.06. The second-order valence-corrected chi connectivity index (χ2v) is 5.81. The van der Waals surface area contributed by atoms with Gasteiger partial charge in [-0.1, -0.05) is 6.07 Å². The Balaban J connectivity index is 0.000000882. The predicted molar refractivity (Wildman–Crippen MR) is 90.1 cm³/mol. The second kappa shape index (κ2) is 6.86. The summed E-state index contributed by atoms with van der Waals surface area (Å²) < 4.78 is 1.88. The highest BCUT2D eigenvalue weighted by Gasteiger charge is 2.35.